The molecule has 0 radical (unpaired) electrons. The fourth-order valence-corrected chi connectivity index (χ4v) is 3.00. The summed E-state index contributed by atoms with van der Waals surface area (Å²) in [6, 6.07) is 0. The molecule has 1 nitrogen and oxygen atoms in total. The molecule has 0 aliphatic carbocycles. The van der Waals surface area contributed by atoms with Gasteiger partial charge in [0.25, 0.3) is 0 Å². The molecular formula is C10H24ClNSi. The topological polar surface area (TPSA) is 3.24 Å². The predicted molar refractivity (Wildman–Crippen MR) is 65.7 cm³/mol. The summed E-state index contributed by atoms with van der Waals surface area (Å²) < 4.78 is 0. The largest absolute Gasteiger partial charge is 0.300 e. The lowest BCUT2D eigenvalue weighted by molar-refractivity contribution is 0.129. The zero-order valence-electron chi connectivity index (χ0n) is 9.89. The third-order valence-corrected chi connectivity index (χ3v) is 6.88. The number of hydrogen-bond acceptors (Lipinski definition) is 1. The van der Waals surface area contributed by atoms with E-state index in [4.69, 9.17) is 11.6 Å². The van der Waals surface area contributed by atoms with Crippen molar-refractivity contribution in [3.05, 3.63) is 0 Å². The van der Waals surface area contributed by atoms with E-state index in [0.717, 1.165) is 23.3 Å². The molecule has 0 aromatic carbocycles. The van der Waals surface area contributed by atoms with Gasteiger partial charge in [-0.15, -0.1) is 11.6 Å². The van der Waals surface area contributed by atoms with Crippen LogP contribution >= 0.6 is 11.6 Å². The number of rotatable bonds is 5. The maximum atomic E-state index is 6.33. The highest BCUT2D eigenvalue weighted by molar-refractivity contribution is 6.28. The first kappa shape index (κ1) is 13.5. The Balaban J connectivity index is 4.75. The molecule has 0 heterocycles. The quantitative estimate of drug-likeness (QED) is 0.505. The second-order valence-corrected chi connectivity index (χ2v) is 6.43. The van der Waals surface area contributed by atoms with Gasteiger partial charge in [-0.3, -0.25) is 0 Å². The van der Waals surface area contributed by atoms with E-state index in [9.17, 15) is 0 Å². The zero-order valence-corrected chi connectivity index (χ0v) is 12.7. The van der Waals surface area contributed by atoms with Gasteiger partial charge in [-0.1, -0.05) is 27.7 Å². The van der Waals surface area contributed by atoms with Gasteiger partial charge >= 0.3 is 0 Å². The molecule has 0 amide bonds. The second-order valence-electron chi connectivity index (χ2n) is 4.17. The Morgan fingerprint density at radius 1 is 1.23 bits per heavy atom. The maximum Gasteiger partial charge on any atom is 0.0456 e. The van der Waals surface area contributed by atoms with Crippen LogP contribution in [0.2, 0.25) is 0 Å². The first-order chi connectivity index (χ1) is 5.91. The number of halogens is 1. The van der Waals surface area contributed by atoms with E-state index >= 15 is 0 Å². The molecule has 13 heavy (non-hydrogen) atoms. The summed E-state index contributed by atoms with van der Waals surface area (Å²) >= 11 is 6.33. The number of nitrogens with zero attached hydrogens (tertiary/aromatic N) is 1. The van der Waals surface area contributed by atoms with Gasteiger partial charge in [0.15, 0.2) is 0 Å². The minimum absolute atomic E-state index is 0.249. The van der Waals surface area contributed by atoms with E-state index < -0.39 is 0 Å². The van der Waals surface area contributed by atoms with Gasteiger partial charge in [0.05, 0.1) is 0 Å². The SMILES string of the molecule is CCN(CC)C([SiH3])(C(C)C)C(C)Cl. The van der Waals surface area contributed by atoms with Crippen molar-refractivity contribution in [3.63, 3.8) is 0 Å². The number of hydrogen-bond donors (Lipinski definition) is 0. The van der Waals surface area contributed by atoms with E-state index in [0.29, 0.717) is 5.92 Å². The van der Waals surface area contributed by atoms with Crippen molar-refractivity contribution in [3.8, 4) is 0 Å². The summed E-state index contributed by atoms with van der Waals surface area (Å²) in [4.78, 5) is 2.52. The molecule has 2 atom stereocenters. The fourth-order valence-electron chi connectivity index (χ4n) is 1.98. The Kier molecular flexibility index (Phi) is 5.57. The number of alkyl halides is 1. The maximum absolute atomic E-state index is 6.33. The van der Waals surface area contributed by atoms with Crippen LogP contribution in [-0.4, -0.2) is 38.8 Å². The van der Waals surface area contributed by atoms with Crippen molar-refractivity contribution in [1.82, 2.24) is 4.90 Å². The molecule has 0 rings (SSSR count). The van der Waals surface area contributed by atoms with Crippen molar-refractivity contribution in [2.45, 2.75) is 45.2 Å². The highest BCUT2D eigenvalue weighted by Crippen LogP contribution is 2.28. The molecule has 0 fully saturated rings. The molecule has 0 bridgehead atoms. The predicted octanol–water partition coefficient (Wildman–Crippen LogP) is 1.67. The molecule has 3 heteroatoms. The summed E-state index contributed by atoms with van der Waals surface area (Å²) in [6.07, 6.45) is 0. The van der Waals surface area contributed by atoms with Crippen molar-refractivity contribution < 1.29 is 0 Å². The first-order valence-electron chi connectivity index (χ1n) is 5.30. The fraction of sp³-hybridized carbons (Fsp3) is 1.00. The third-order valence-electron chi connectivity index (χ3n) is 3.42. The van der Waals surface area contributed by atoms with E-state index in [2.05, 4.69) is 39.5 Å². The summed E-state index contributed by atoms with van der Waals surface area (Å²) in [5.41, 5.74) is 0. The molecular weight excluding hydrogens is 198 g/mol. The molecule has 0 aromatic rings. The van der Waals surface area contributed by atoms with E-state index in [1.807, 2.05) is 0 Å². The Bertz CT molecular complexity index is 136. The smallest absolute Gasteiger partial charge is 0.0456 e. The molecule has 0 aliphatic rings. The molecule has 0 saturated heterocycles. The van der Waals surface area contributed by atoms with Crippen LogP contribution in [0.4, 0.5) is 0 Å². The Labute approximate surface area is 91.3 Å². The van der Waals surface area contributed by atoms with Crippen LogP contribution in [0.5, 0.6) is 0 Å². The summed E-state index contributed by atoms with van der Waals surface area (Å²) in [6.45, 7) is 13.3. The minimum Gasteiger partial charge on any atom is -0.300 e. The van der Waals surface area contributed by atoms with Gasteiger partial charge in [0.2, 0.25) is 0 Å². The molecule has 2 unspecified atom stereocenters. The monoisotopic (exact) mass is 221 g/mol. The van der Waals surface area contributed by atoms with Crippen LogP contribution in [0.3, 0.4) is 0 Å². The van der Waals surface area contributed by atoms with Crippen molar-refractivity contribution in [1.29, 1.82) is 0 Å². The summed E-state index contributed by atoms with van der Waals surface area (Å²) in [7, 11) is 1.13. The van der Waals surface area contributed by atoms with Crippen LogP contribution in [0.15, 0.2) is 0 Å². The minimum atomic E-state index is 0.249. The van der Waals surface area contributed by atoms with E-state index in [-0.39, 0.29) is 10.5 Å². The highest BCUT2D eigenvalue weighted by atomic mass is 35.5. The van der Waals surface area contributed by atoms with Crippen LogP contribution < -0.4 is 0 Å². The average Bonchev–Trinajstić information content (AvgIpc) is 2.05. The van der Waals surface area contributed by atoms with Gasteiger partial charge in [-0.2, -0.15) is 0 Å². The average molecular weight is 222 g/mol. The van der Waals surface area contributed by atoms with Gasteiger partial charge in [-0.05, 0) is 25.9 Å². The molecule has 0 saturated carbocycles. The molecule has 80 valence electrons. The standard InChI is InChI=1S/C10H24ClNSi/c1-6-12(7-2)10(13,8(3)4)9(5)11/h8-9H,6-7H2,1-5,13H3. The molecule has 0 N–H and O–H groups in total. The van der Waals surface area contributed by atoms with E-state index in [1.54, 1.807) is 0 Å². The molecule has 0 spiro atoms. The second kappa shape index (κ2) is 5.37. The zero-order chi connectivity index (χ0) is 10.6. The molecule has 0 aromatic heterocycles. The van der Waals surface area contributed by atoms with Crippen LogP contribution in [-0.2, 0) is 0 Å². The van der Waals surface area contributed by atoms with Crippen LogP contribution in [0.1, 0.15) is 34.6 Å². The highest BCUT2D eigenvalue weighted by Gasteiger charge is 2.37. The van der Waals surface area contributed by atoms with Gasteiger partial charge < -0.3 is 4.90 Å². The lowest BCUT2D eigenvalue weighted by Crippen LogP contribution is -2.58. The van der Waals surface area contributed by atoms with Gasteiger partial charge in [0, 0.05) is 20.8 Å². The van der Waals surface area contributed by atoms with Crippen LogP contribution in [0, 0.1) is 5.92 Å². The molecule has 0 aliphatic heterocycles. The van der Waals surface area contributed by atoms with Gasteiger partial charge in [-0.25, -0.2) is 0 Å². The third kappa shape index (κ3) is 2.71. The Morgan fingerprint density at radius 2 is 1.62 bits per heavy atom. The summed E-state index contributed by atoms with van der Waals surface area (Å²) in [5.74, 6) is 0.645. The lowest BCUT2D eigenvalue weighted by atomic mass is 9.98. The Hall–Kier alpha value is 0.467. The van der Waals surface area contributed by atoms with Gasteiger partial charge in [0.1, 0.15) is 0 Å². The van der Waals surface area contributed by atoms with Crippen molar-refractivity contribution in [2.75, 3.05) is 13.1 Å². The van der Waals surface area contributed by atoms with Crippen LogP contribution in [0.25, 0.3) is 0 Å². The first-order valence-corrected chi connectivity index (χ1v) is 6.73. The lowest BCUT2D eigenvalue weighted by Gasteiger charge is -2.46. The van der Waals surface area contributed by atoms with Crippen molar-refractivity contribution >= 4 is 21.8 Å². The normalized spacial score (nSPS) is 19.4. The summed E-state index contributed by atoms with van der Waals surface area (Å²) in [5, 5.41) is 0.504. The Morgan fingerprint density at radius 3 is 1.69 bits per heavy atom. The van der Waals surface area contributed by atoms with Crippen molar-refractivity contribution in [2.24, 2.45) is 5.92 Å². The van der Waals surface area contributed by atoms with E-state index in [1.165, 1.54) is 0 Å².